The largest absolute Gasteiger partial charge is 0.496 e. The first-order valence-electron chi connectivity index (χ1n) is 6.84. The van der Waals surface area contributed by atoms with Crippen molar-refractivity contribution in [1.82, 2.24) is 0 Å². The minimum Gasteiger partial charge on any atom is -0.496 e. The SMILES string of the molecule is COc1ccccc1CCC(=O)Nc1ccc(CO)cc1. The standard InChI is InChI=1S/C17H19NO3/c1-21-16-5-3-2-4-14(16)8-11-17(20)18-15-9-6-13(12-19)7-10-15/h2-7,9-10,19H,8,11-12H2,1H3,(H,18,20). The number of para-hydroxylation sites is 1. The first kappa shape index (κ1) is 15.1. The van der Waals surface area contributed by atoms with Gasteiger partial charge in [0.05, 0.1) is 13.7 Å². The highest BCUT2D eigenvalue weighted by atomic mass is 16.5. The van der Waals surface area contributed by atoms with Crippen LogP contribution < -0.4 is 10.1 Å². The van der Waals surface area contributed by atoms with Gasteiger partial charge in [0.2, 0.25) is 5.91 Å². The smallest absolute Gasteiger partial charge is 0.224 e. The summed E-state index contributed by atoms with van der Waals surface area (Å²) in [6, 6.07) is 14.8. The molecule has 2 aromatic carbocycles. The van der Waals surface area contributed by atoms with Gasteiger partial charge in [0.1, 0.15) is 5.75 Å². The molecule has 21 heavy (non-hydrogen) atoms. The van der Waals surface area contributed by atoms with Crippen LogP contribution >= 0.6 is 0 Å². The second-order valence-corrected chi connectivity index (χ2v) is 4.72. The second kappa shape index (κ2) is 7.45. The molecule has 2 N–H and O–H groups in total. The topological polar surface area (TPSA) is 58.6 Å². The van der Waals surface area contributed by atoms with Gasteiger partial charge < -0.3 is 15.2 Å². The molecule has 0 bridgehead atoms. The maximum atomic E-state index is 11.9. The fourth-order valence-electron chi connectivity index (χ4n) is 2.07. The van der Waals surface area contributed by atoms with Gasteiger partial charge in [0.15, 0.2) is 0 Å². The van der Waals surface area contributed by atoms with Gasteiger partial charge in [-0.05, 0) is 35.7 Å². The lowest BCUT2D eigenvalue weighted by atomic mass is 10.1. The van der Waals surface area contributed by atoms with Crippen LogP contribution in [0.3, 0.4) is 0 Å². The molecular weight excluding hydrogens is 266 g/mol. The maximum absolute atomic E-state index is 11.9. The number of benzene rings is 2. The Morgan fingerprint density at radius 1 is 1.14 bits per heavy atom. The normalized spacial score (nSPS) is 10.2. The highest BCUT2D eigenvalue weighted by Crippen LogP contribution is 2.19. The number of methoxy groups -OCH3 is 1. The second-order valence-electron chi connectivity index (χ2n) is 4.72. The average molecular weight is 285 g/mol. The molecule has 2 rings (SSSR count). The molecule has 2 aromatic rings. The minimum absolute atomic E-state index is 0.00201. The zero-order chi connectivity index (χ0) is 15.1. The molecule has 0 fully saturated rings. The molecule has 0 spiro atoms. The number of carbonyl (C=O) groups is 1. The molecule has 0 heterocycles. The van der Waals surface area contributed by atoms with Gasteiger partial charge in [-0.15, -0.1) is 0 Å². The highest BCUT2D eigenvalue weighted by Gasteiger charge is 2.06. The number of hydrogen-bond donors (Lipinski definition) is 2. The fourth-order valence-corrected chi connectivity index (χ4v) is 2.07. The fraction of sp³-hybridized carbons (Fsp3) is 0.235. The van der Waals surface area contributed by atoms with Crippen molar-refractivity contribution in [2.24, 2.45) is 0 Å². The maximum Gasteiger partial charge on any atom is 0.224 e. The average Bonchev–Trinajstić information content (AvgIpc) is 2.54. The lowest BCUT2D eigenvalue weighted by Gasteiger charge is -2.09. The number of aliphatic hydroxyl groups excluding tert-OH is 1. The predicted octanol–water partition coefficient (Wildman–Crippen LogP) is 2.76. The molecule has 0 atom stereocenters. The van der Waals surface area contributed by atoms with Crippen LogP contribution in [0.25, 0.3) is 0 Å². The van der Waals surface area contributed by atoms with Crippen molar-refractivity contribution in [3.8, 4) is 5.75 Å². The summed E-state index contributed by atoms with van der Waals surface area (Å²) in [6.07, 6.45) is 1.02. The number of amides is 1. The third kappa shape index (κ3) is 4.33. The van der Waals surface area contributed by atoms with E-state index in [2.05, 4.69) is 5.32 Å². The first-order chi connectivity index (χ1) is 10.2. The molecule has 4 heteroatoms. The van der Waals surface area contributed by atoms with Crippen LogP contribution in [0.15, 0.2) is 48.5 Å². The quantitative estimate of drug-likeness (QED) is 0.858. The molecule has 0 saturated carbocycles. The predicted molar refractivity (Wildman–Crippen MR) is 82.3 cm³/mol. The zero-order valence-corrected chi connectivity index (χ0v) is 12.0. The Morgan fingerprint density at radius 2 is 1.86 bits per heavy atom. The van der Waals surface area contributed by atoms with E-state index < -0.39 is 0 Å². The lowest BCUT2D eigenvalue weighted by Crippen LogP contribution is -2.12. The Morgan fingerprint density at radius 3 is 2.52 bits per heavy atom. The number of anilines is 1. The van der Waals surface area contributed by atoms with E-state index in [4.69, 9.17) is 9.84 Å². The monoisotopic (exact) mass is 285 g/mol. The molecule has 0 saturated heterocycles. The van der Waals surface area contributed by atoms with Crippen molar-refractivity contribution in [2.75, 3.05) is 12.4 Å². The van der Waals surface area contributed by atoms with Crippen LogP contribution in [0.1, 0.15) is 17.5 Å². The highest BCUT2D eigenvalue weighted by molar-refractivity contribution is 5.90. The zero-order valence-electron chi connectivity index (χ0n) is 12.0. The van der Waals surface area contributed by atoms with E-state index in [1.165, 1.54) is 0 Å². The lowest BCUT2D eigenvalue weighted by molar-refractivity contribution is -0.116. The van der Waals surface area contributed by atoms with Crippen molar-refractivity contribution >= 4 is 11.6 Å². The van der Waals surface area contributed by atoms with E-state index in [0.717, 1.165) is 22.6 Å². The third-order valence-corrected chi connectivity index (χ3v) is 3.23. The van der Waals surface area contributed by atoms with Crippen molar-refractivity contribution in [1.29, 1.82) is 0 Å². The summed E-state index contributed by atoms with van der Waals surface area (Å²) in [5.41, 5.74) is 2.57. The number of hydrogen-bond acceptors (Lipinski definition) is 3. The van der Waals surface area contributed by atoms with E-state index in [1.807, 2.05) is 24.3 Å². The number of aliphatic hydroxyl groups is 1. The van der Waals surface area contributed by atoms with Crippen LogP contribution in [-0.4, -0.2) is 18.1 Å². The van der Waals surface area contributed by atoms with E-state index in [-0.39, 0.29) is 12.5 Å². The number of aryl methyl sites for hydroxylation is 1. The molecule has 4 nitrogen and oxygen atoms in total. The summed E-state index contributed by atoms with van der Waals surface area (Å²) >= 11 is 0. The third-order valence-electron chi connectivity index (χ3n) is 3.23. The molecule has 0 aliphatic heterocycles. The van der Waals surface area contributed by atoms with E-state index in [0.29, 0.717) is 12.8 Å². The van der Waals surface area contributed by atoms with Gasteiger partial charge in [-0.1, -0.05) is 30.3 Å². The van der Waals surface area contributed by atoms with Crippen LogP contribution in [0.5, 0.6) is 5.75 Å². The number of rotatable bonds is 6. The molecule has 0 radical (unpaired) electrons. The summed E-state index contributed by atoms with van der Waals surface area (Å²) in [4.78, 5) is 11.9. The van der Waals surface area contributed by atoms with Gasteiger partial charge in [-0.2, -0.15) is 0 Å². The van der Waals surface area contributed by atoms with Gasteiger partial charge in [-0.3, -0.25) is 4.79 Å². The van der Waals surface area contributed by atoms with Gasteiger partial charge in [0.25, 0.3) is 0 Å². The van der Waals surface area contributed by atoms with Crippen LogP contribution in [0, 0.1) is 0 Å². The Bertz CT molecular complexity index is 593. The van der Waals surface area contributed by atoms with Crippen molar-refractivity contribution in [3.05, 3.63) is 59.7 Å². The van der Waals surface area contributed by atoms with Crippen LogP contribution in [0.4, 0.5) is 5.69 Å². The number of ether oxygens (including phenoxy) is 1. The molecule has 1 amide bonds. The molecule has 0 unspecified atom stereocenters. The van der Waals surface area contributed by atoms with Crippen LogP contribution in [0.2, 0.25) is 0 Å². The Hall–Kier alpha value is -2.33. The van der Waals surface area contributed by atoms with E-state index in [9.17, 15) is 4.79 Å². The Balaban J connectivity index is 1.89. The van der Waals surface area contributed by atoms with Gasteiger partial charge in [-0.25, -0.2) is 0 Å². The summed E-state index contributed by atoms with van der Waals surface area (Å²) in [7, 11) is 1.63. The molecule has 0 aliphatic carbocycles. The molecule has 0 aliphatic rings. The Kier molecular flexibility index (Phi) is 5.35. The number of nitrogens with one attached hydrogen (secondary N) is 1. The molecule has 110 valence electrons. The first-order valence-corrected chi connectivity index (χ1v) is 6.84. The summed E-state index contributed by atoms with van der Waals surface area (Å²) < 4.78 is 5.27. The van der Waals surface area contributed by atoms with Gasteiger partial charge in [0, 0.05) is 12.1 Å². The molecule has 0 aromatic heterocycles. The van der Waals surface area contributed by atoms with Crippen LogP contribution in [-0.2, 0) is 17.8 Å². The summed E-state index contributed by atoms with van der Waals surface area (Å²) in [5, 5.41) is 11.8. The summed E-state index contributed by atoms with van der Waals surface area (Å²) in [5.74, 6) is 0.759. The van der Waals surface area contributed by atoms with Crippen molar-refractivity contribution in [2.45, 2.75) is 19.4 Å². The number of carbonyl (C=O) groups excluding carboxylic acids is 1. The van der Waals surface area contributed by atoms with E-state index in [1.54, 1.807) is 31.4 Å². The van der Waals surface area contributed by atoms with Crippen molar-refractivity contribution in [3.63, 3.8) is 0 Å². The van der Waals surface area contributed by atoms with Crippen molar-refractivity contribution < 1.29 is 14.6 Å². The van der Waals surface area contributed by atoms with Gasteiger partial charge >= 0.3 is 0 Å². The summed E-state index contributed by atoms with van der Waals surface area (Å²) in [6.45, 7) is 0.00201. The Labute approximate surface area is 124 Å². The van der Waals surface area contributed by atoms with E-state index >= 15 is 0 Å². The minimum atomic E-state index is -0.0438. The molecular formula is C17H19NO3.